The summed E-state index contributed by atoms with van der Waals surface area (Å²) in [5, 5.41) is 6.11. The molecule has 0 radical (unpaired) electrons. The number of ether oxygens (including phenoxy) is 1. The third kappa shape index (κ3) is 5.25. The lowest BCUT2D eigenvalue weighted by atomic mass is 10.2. The summed E-state index contributed by atoms with van der Waals surface area (Å²) in [7, 11) is 1.63. The molecular weight excluding hydrogens is 364 g/mol. The summed E-state index contributed by atoms with van der Waals surface area (Å²) in [6.07, 6.45) is 1.56. The predicted octanol–water partition coefficient (Wildman–Crippen LogP) is 4.93. The molecule has 0 saturated heterocycles. The maximum absolute atomic E-state index is 12.5. The second-order valence-corrected chi connectivity index (χ2v) is 6.46. The van der Waals surface area contributed by atoms with Gasteiger partial charge < -0.3 is 20.3 Å². The Morgan fingerprint density at radius 2 is 1.76 bits per heavy atom. The lowest BCUT2D eigenvalue weighted by Gasteiger charge is -2.21. The lowest BCUT2D eigenvalue weighted by molar-refractivity contribution is 0.102. The van der Waals surface area contributed by atoms with Gasteiger partial charge in [-0.3, -0.25) is 4.79 Å². The Labute approximate surface area is 171 Å². The zero-order valence-corrected chi connectivity index (χ0v) is 17.0. The molecular formula is C23H26N4O2. The standard InChI is InChI=1S/C23H26N4O2/c1-4-27(5-2)20-12-10-18(11-13-20)26-23(28)17-9-14-22(24-16-17)25-19-7-6-8-21(15-19)29-3/h6-16H,4-5H2,1-3H3,(H,24,25)(H,26,28). The molecule has 0 saturated carbocycles. The molecule has 150 valence electrons. The van der Waals surface area contributed by atoms with E-state index in [4.69, 9.17) is 4.74 Å². The van der Waals surface area contributed by atoms with Crippen LogP contribution in [0.3, 0.4) is 0 Å². The van der Waals surface area contributed by atoms with Crippen molar-refractivity contribution in [2.75, 3.05) is 35.7 Å². The van der Waals surface area contributed by atoms with Crippen molar-refractivity contribution >= 4 is 28.8 Å². The number of carbonyl (C=O) groups is 1. The molecule has 0 unspecified atom stereocenters. The number of anilines is 4. The van der Waals surface area contributed by atoms with Crippen LogP contribution in [0.1, 0.15) is 24.2 Å². The maximum Gasteiger partial charge on any atom is 0.257 e. The summed E-state index contributed by atoms with van der Waals surface area (Å²) in [5.41, 5.74) is 3.25. The fraction of sp³-hybridized carbons (Fsp3) is 0.217. The molecule has 0 fully saturated rings. The van der Waals surface area contributed by atoms with E-state index in [1.165, 1.54) is 0 Å². The van der Waals surface area contributed by atoms with E-state index in [-0.39, 0.29) is 5.91 Å². The Kier molecular flexibility index (Phi) is 6.68. The van der Waals surface area contributed by atoms with Crippen LogP contribution in [0.4, 0.5) is 22.9 Å². The number of rotatable bonds is 8. The Hall–Kier alpha value is -3.54. The average molecular weight is 390 g/mol. The second kappa shape index (κ2) is 9.59. The van der Waals surface area contributed by atoms with E-state index in [2.05, 4.69) is 34.4 Å². The molecule has 2 N–H and O–H groups in total. The molecule has 0 aliphatic rings. The molecule has 3 rings (SSSR count). The SMILES string of the molecule is CCN(CC)c1ccc(NC(=O)c2ccc(Nc3cccc(OC)c3)nc2)cc1. The van der Waals surface area contributed by atoms with Gasteiger partial charge in [-0.1, -0.05) is 6.07 Å². The highest BCUT2D eigenvalue weighted by molar-refractivity contribution is 6.04. The van der Waals surface area contributed by atoms with Crippen molar-refractivity contribution < 1.29 is 9.53 Å². The van der Waals surface area contributed by atoms with E-state index < -0.39 is 0 Å². The molecule has 0 aliphatic heterocycles. The van der Waals surface area contributed by atoms with Crippen molar-refractivity contribution in [1.29, 1.82) is 0 Å². The third-order valence-corrected chi connectivity index (χ3v) is 4.62. The van der Waals surface area contributed by atoms with Crippen molar-refractivity contribution in [3.05, 3.63) is 72.4 Å². The van der Waals surface area contributed by atoms with Gasteiger partial charge in [-0.05, 0) is 62.4 Å². The zero-order valence-electron chi connectivity index (χ0n) is 17.0. The quantitative estimate of drug-likeness (QED) is 0.571. The minimum atomic E-state index is -0.194. The lowest BCUT2D eigenvalue weighted by Crippen LogP contribution is -2.21. The summed E-state index contributed by atoms with van der Waals surface area (Å²) in [5.74, 6) is 1.22. The maximum atomic E-state index is 12.5. The summed E-state index contributed by atoms with van der Waals surface area (Å²) in [6.45, 7) is 6.14. The van der Waals surface area contributed by atoms with E-state index in [1.54, 1.807) is 25.4 Å². The number of pyridine rings is 1. The van der Waals surface area contributed by atoms with Gasteiger partial charge in [-0.25, -0.2) is 4.98 Å². The Balaban J connectivity index is 1.62. The van der Waals surface area contributed by atoms with Crippen LogP contribution in [0.2, 0.25) is 0 Å². The van der Waals surface area contributed by atoms with Gasteiger partial charge in [0, 0.05) is 42.4 Å². The average Bonchev–Trinajstić information content (AvgIpc) is 2.76. The number of nitrogens with zero attached hydrogens (tertiary/aromatic N) is 2. The van der Waals surface area contributed by atoms with Crippen molar-refractivity contribution in [2.24, 2.45) is 0 Å². The van der Waals surface area contributed by atoms with Crippen LogP contribution in [-0.4, -0.2) is 31.1 Å². The molecule has 1 amide bonds. The third-order valence-electron chi connectivity index (χ3n) is 4.62. The summed E-state index contributed by atoms with van der Waals surface area (Å²) < 4.78 is 5.22. The molecule has 6 heteroatoms. The molecule has 0 atom stereocenters. The van der Waals surface area contributed by atoms with Crippen LogP contribution in [0.5, 0.6) is 5.75 Å². The first-order valence-electron chi connectivity index (χ1n) is 9.66. The number of methoxy groups -OCH3 is 1. The predicted molar refractivity (Wildman–Crippen MR) is 118 cm³/mol. The monoisotopic (exact) mass is 390 g/mol. The highest BCUT2D eigenvalue weighted by atomic mass is 16.5. The molecule has 0 aliphatic carbocycles. The zero-order chi connectivity index (χ0) is 20.6. The summed E-state index contributed by atoms with van der Waals surface area (Å²) >= 11 is 0. The fourth-order valence-corrected chi connectivity index (χ4v) is 3.00. The van der Waals surface area contributed by atoms with E-state index in [1.807, 2.05) is 48.5 Å². The van der Waals surface area contributed by atoms with Crippen LogP contribution in [0.25, 0.3) is 0 Å². The van der Waals surface area contributed by atoms with E-state index in [9.17, 15) is 4.79 Å². The van der Waals surface area contributed by atoms with Crippen molar-refractivity contribution in [1.82, 2.24) is 4.98 Å². The minimum Gasteiger partial charge on any atom is -0.497 e. The molecule has 2 aromatic carbocycles. The van der Waals surface area contributed by atoms with Crippen LogP contribution in [0.15, 0.2) is 66.9 Å². The fourth-order valence-electron chi connectivity index (χ4n) is 3.00. The number of benzene rings is 2. The summed E-state index contributed by atoms with van der Waals surface area (Å²) in [4.78, 5) is 19.1. The van der Waals surface area contributed by atoms with Crippen LogP contribution in [0, 0.1) is 0 Å². The Bertz CT molecular complexity index is 936. The van der Waals surface area contributed by atoms with Gasteiger partial charge in [0.15, 0.2) is 0 Å². The second-order valence-electron chi connectivity index (χ2n) is 6.46. The molecule has 29 heavy (non-hydrogen) atoms. The van der Waals surface area contributed by atoms with Gasteiger partial charge >= 0.3 is 0 Å². The number of hydrogen-bond acceptors (Lipinski definition) is 5. The highest BCUT2D eigenvalue weighted by Gasteiger charge is 2.08. The van der Waals surface area contributed by atoms with E-state index >= 15 is 0 Å². The Morgan fingerprint density at radius 1 is 1.00 bits per heavy atom. The van der Waals surface area contributed by atoms with Gasteiger partial charge in [-0.2, -0.15) is 0 Å². The molecule has 1 heterocycles. The highest BCUT2D eigenvalue weighted by Crippen LogP contribution is 2.21. The van der Waals surface area contributed by atoms with Gasteiger partial charge in [0.1, 0.15) is 11.6 Å². The topological polar surface area (TPSA) is 66.5 Å². The number of nitrogens with one attached hydrogen (secondary N) is 2. The first-order valence-corrected chi connectivity index (χ1v) is 9.66. The van der Waals surface area contributed by atoms with Crippen molar-refractivity contribution in [2.45, 2.75) is 13.8 Å². The van der Waals surface area contributed by atoms with Crippen LogP contribution < -0.4 is 20.3 Å². The van der Waals surface area contributed by atoms with Gasteiger partial charge in [-0.15, -0.1) is 0 Å². The minimum absolute atomic E-state index is 0.194. The van der Waals surface area contributed by atoms with Gasteiger partial charge in [0.05, 0.1) is 12.7 Å². The number of carbonyl (C=O) groups excluding carboxylic acids is 1. The molecule has 1 aromatic heterocycles. The number of hydrogen-bond donors (Lipinski definition) is 2. The molecule has 3 aromatic rings. The van der Waals surface area contributed by atoms with Crippen molar-refractivity contribution in [3.8, 4) is 5.75 Å². The largest absolute Gasteiger partial charge is 0.497 e. The van der Waals surface area contributed by atoms with Crippen LogP contribution in [-0.2, 0) is 0 Å². The van der Waals surface area contributed by atoms with Crippen LogP contribution >= 0.6 is 0 Å². The molecule has 6 nitrogen and oxygen atoms in total. The Morgan fingerprint density at radius 3 is 2.38 bits per heavy atom. The molecule has 0 bridgehead atoms. The van der Waals surface area contributed by atoms with Gasteiger partial charge in [0.2, 0.25) is 0 Å². The van der Waals surface area contributed by atoms with Gasteiger partial charge in [0.25, 0.3) is 5.91 Å². The number of amides is 1. The molecule has 0 spiro atoms. The first kappa shape index (κ1) is 20.2. The summed E-state index contributed by atoms with van der Waals surface area (Å²) in [6, 6.07) is 19.0. The van der Waals surface area contributed by atoms with Crippen molar-refractivity contribution in [3.63, 3.8) is 0 Å². The van der Waals surface area contributed by atoms with E-state index in [0.29, 0.717) is 11.4 Å². The normalized spacial score (nSPS) is 10.3. The van der Waals surface area contributed by atoms with E-state index in [0.717, 1.165) is 35.9 Å². The first-order chi connectivity index (χ1) is 14.1. The number of aromatic nitrogens is 1. The smallest absolute Gasteiger partial charge is 0.257 e.